The molecule has 0 aliphatic heterocycles. The van der Waals surface area contributed by atoms with E-state index in [4.69, 9.17) is 0 Å². The molecular weight excluding hydrogens is 363 g/mol. The molecule has 0 atom stereocenters. The van der Waals surface area contributed by atoms with Gasteiger partial charge in [0.1, 0.15) is 16.9 Å². The molecule has 0 aliphatic carbocycles. The number of fused-ring (bicyclic) bond motifs is 1. The standard InChI is InChI=1S/C20H13FN4OS/c1-12-16(20(26)25(24-12)15-8-6-14(21)7-9-15)10-13(11-22)19-23-17-4-2-3-5-18(17)27-19/h2-10,24H,1H3/b13-10+. The van der Waals surface area contributed by atoms with Gasteiger partial charge in [-0.1, -0.05) is 12.1 Å². The number of para-hydroxylation sites is 1. The van der Waals surface area contributed by atoms with Crippen LogP contribution in [0.15, 0.2) is 53.3 Å². The minimum atomic E-state index is -0.377. The summed E-state index contributed by atoms with van der Waals surface area (Å²) in [6.07, 6.45) is 1.55. The third-order valence-electron chi connectivity index (χ3n) is 4.14. The molecule has 0 saturated carbocycles. The molecule has 2 heterocycles. The maximum Gasteiger partial charge on any atom is 0.278 e. The Balaban J connectivity index is 1.81. The van der Waals surface area contributed by atoms with Crippen LogP contribution in [0, 0.1) is 24.1 Å². The summed E-state index contributed by atoms with van der Waals surface area (Å²) >= 11 is 1.40. The van der Waals surface area contributed by atoms with Crippen LogP contribution in [0.25, 0.3) is 27.6 Å². The average Bonchev–Trinajstić information content (AvgIpc) is 3.22. The number of nitrogens with one attached hydrogen (secondary N) is 1. The molecule has 2 aromatic carbocycles. The Bertz CT molecular complexity index is 1240. The lowest BCUT2D eigenvalue weighted by atomic mass is 10.1. The topological polar surface area (TPSA) is 74.5 Å². The Morgan fingerprint density at radius 3 is 2.70 bits per heavy atom. The van der Waals surface area contributed by atoms with Crippen LogP contribution in [0.4, 0.5) is 4.39 Å². The van der Waals surface area contributed by atoms with E-state index in [1.54, 1.807) is 13.0 Å². The average molecular weight is 376 g/mol. The first-order valence-corrected chi connectivity index (χ1v) is 8.94. The van der Waals surface area contributed by atoms with Gasteiger partial charge >= 0.3 is 0 Å². The van der Waals surface area contributed by atoms with Crippen molar-refractivity contribution >= 4 is 33.2 Å². The molecule has 0 unspecified atom stereocenters. The molecule has 1 N–H and O–H groups in total. The smallest absolute Gasteiger partial charge is 0.278 e. The zero-order valence-corrected chi connectivity index (χ0v) is 15.0. The van der Waals surface area contributed by atoms with Crippen LogP contribution in [0.5, 0.6) is 0 Å². The van der Waals surface area contributed by atoms with E-state index in [1.807, 2.05) is 24.3 Å². The molecular formula is C20H13FN4OS. The first kappa shape index (κ1) is 16.9. The first-order valence-electron chi connectivity index (χ1n) is 8.12. The molecule has 5 nitrogen and oxygen atoms in total. The van der Waals surface area contributed by atoms with Crippen LogP contribution in [-0.2, 0) is 0 Å². The highest BCUT2D eigenvalue weighted by Crippen LogP contribution is 2.28. The highest BCUT2D eigenvalue weighted by Gasteiger charge is 2.14. The summed E-state index contributed by atoms with van der Waals surface area (Å²) in [5.74, 6) is -0.377. The van der Waals surface area contributed by atoms with E-state index >= 15 is 0 Å². The summed E-state index contributed by atoms with van der Waals surface area (Å²) in [7, 11) is 0. The highest BCUT2D eigenvalue weighted by atomic mass is 32.1. The number of nitrogens with zero attached hydrogens (tertiary/aromatic N) is 3. The Morgan fingerprint density at radius 2 is 2.00 bits per heavy atom. The fraction of sp³-hybridized carbons (Fsp3) is 0.0500. The van der Waals surface area contributed by atoms with Gasteiger partial charge in [0.05, 0.1) is 27.0 Å². The number of hydrogen-bond acceptors (Lipinski definition) is 4. The Kier molecular flexibility index (Phi) is 4.18. The van der Waals surface area contributed by atoms with Gasteiger partial charge in [0.25, 0.3) is 5.56 Å². The molecule has 4 aromatic rings. The van der Waals surface area contributed by atoms with Crippen molar-refractivity contribution in [2.45, 2.75) is 6.92 Å². The number of H-pyrrole nitrogens is 1. The summed E-state index contributed by atoms with van der Waals surface area (Å²) in [5, 5.41) is 13.1. The lowest BCUT2D eigenvalue weighted by Gasteiger charge is -2.00. The Morgan fingerprint density at radius 1 is 1.26 bits per heavy atom. The molecule has 0 radical (unpaired) electrons. The van der Waals surface area contributed by atoms with Crippen LogP contribution < -0.4 is 5.56 Å². The molecule has 0 fully saturated rings. The van der Waals surface area contributed by atoms with Gasteiger partial charge in [-0.2, -0.15) is 5.26 Å². The van der Waals surface area contributed by atoms with Crippen molar-refractivity contribution in [1.82, 2.24) is 14.8 Å². The van der Waals surface area contributed by atoms with Crippen molar-refractivity contribution in [2.75, 3.05) is 0 Å². The van der Waals surface area contributed by atoms with Crippen molar-refractivity contribution in [3.8, 4) is 11.8 Å². The van der Waals surface area contributed by atoms with E-state index in [-0.39, 0.29) is 11.4 Å². The van der Waals surface area contributed by atoms with Gasteiger partial charge in [-0.15, -0.1) is 11.3 Å². The first-order chi connectivity index (χ1) is 13.1. The molecule has 27 heavy (non-hydrogen) atoms. The van der Waals surface area contributed by atoms with Gasteiger partial charge in [0, 0.05) is 5.69 Å². The molecule has 7 heteroatoms. The normalized spacial score (nSPS) is 11.7. The number of benzene rings is 2. The van der Waals surface area contributed by atoms with Gasteiger partial charge < -0.3 is 0 Å². The second-order valence-corrected chi connectivity index (χ2v) is 6.95. The maximum absolute atomic E-state index is 13.1. The van der Waals surface area contributed by atoms with Crippen LogP contribution in [0.2, 0.25) is 0 Å². The number of halogens is 1. The predicted molar refractivity (Wildman–Crippen MR) is 104 cm³/mol. The number of allylic oxidation sites excluding steroid dienone is 1. The highest BCUT2D eigenvalue weighted by molar-refractivity contribution is 7.19. The number of aromatic amines is 1. The van der Waals surface area contributed by atoms with Gasteiger partial charge in [0.2, 0.25) is 0 Å². The summed E-state index contributed by atoms with van der Waals surface area (Å²) in [6.45, 7) is 1.75. The largest absolute Gasteiger partial charge is 0.295 e. The van der Waals surface area contributed by atoms with Gasteiger partial charge in [-0.25, -0.2) is 14.1 Å². The fourth-order valence-corrected chi connectivity index (χ4v) is 3.71. The zero-order chi connectivity index (χ0) is 19.0. The third kappa shape index (κ3) is 3.07. The number of hydrogen-bond donors (Lipinski definition) is 1. The third-order valence-corrected chi connectivity index (χ3v) is 5.20. The predicted octanol–water partition coefficient (Wildman–Crippen LogP) is 4.29. The van der Waals surface area contributed by atoms with Crippen LogP contribution in [0.3, 0.4) is 0 Å². The number of thiazole rings is 1. The Hall–Kier alpha value is -3.50. The van der Waals surface area contributed by atoms with E-state index in [0.717, 1.165) is 10.2 Å². The van der Waals surface area contributed by atoms with Gasteiger partial charge in [0.15, 0.2) is 0 Å². The molecule has 4 rings (SSSR count). The second-order valence-electron chi connectivity index (χ2n) is 5.92. The van der Waals surface area contributed by atoms with E-state index in [0.29, 0.717) is 27.5 Å². The molecule has 0 bridgehead atoms. The number of aromatic nitrogens is 3. The molecule has 0 saturated heterocycles. The van der Waals surface area contributed by atoms with Crippen LogP contribution in [-0.4, -0.2) is 14.8 Å². The van der Waals surface area contributed by atoms with Crippen molar-refractivity contribution in [1.29, 1.82) is 5.26 Å². The van der Waals surface area contributed by atoms with Crippen molar-refractivity contribution in [3.63, 3.8) is 0 Å². The lowest BCUT2D eigenvalue weighted by Crippen LogP contribution is -2.15. The SMILES string of the molecule is Cc1[nH]n(-c2ccc(F)cc2)c(=O)c1/C=C(\C#N)c1nc2ccccc2s1. The van der Waals surface area contributed by atoms with Crippen molar-refractivity contribution in [2.24, 2.45) is 0 Å². The molecule has 2 aromatic heterocycles. The lowest BCUT2D eigenvalue weighted by molar-refractivity contribution is 0.627. The van der Waals surface area contributed by atoms with E-state index in [9.17, 15) is 14.4 Å². The molecule has 0 aliphatic rings. The van der Waals surface area contributed by atoms with Crippen molar-refractivity contribution in [3.05, 3.63) is 81.0 Å². The Labute approximate surface area is 157 Å². The summed E-state index contributed by atoms with van der Waals surface area (Å²) in [4.78, 5) is 17.3. The molecule has 0 spiro atoms. The van der Waals surface area contributed by atoms with E-state index in [2.05, 4.69) is 16.2 Å². The summed E-state index contributed by atoms with van der Waals surface area (Å²) in [5.41, 5.74) is 2.32. The molecule has 132 valence electrons. The number of rotatable bonds is 3. The summed E-state index contributed by atoms with van der Waals surface area (Å²) in [6, 6.07) is 15.4. The fourth-order valence-electron chi connectivity index (χ4n) is 2.78. The van der Waals surface area contributed by atoms with Crippen molar-refractivity contribution < 1.29 is 4.39 Å². The van der Waals surface area contributed by atoms with Crippen LogP contribution in [0.1, 0.15) is 16.3 Å². The number of nitriles is 1. The molecule has 0 amide bonds. The summed E-state index contributed by atoms with van der Waals surface area (Å²) < 4.78 is 15.4. The zero-order valence-electron chi connectivity index (χ0n) is 14.2. The van der Waals surface area contributed by atoms with Gasteiger partial charge in [-0.05, 0) is 49.4 Å². The number of aryl methyl sites for hydroxylation is 1. The minimum Gasteiger partial charge on any atom is -0.295 e. The van der Waals surface area contributed by atoms with E-state index in [1.165, 1.54) is 40.3 Å². The second kappa shape index (κ2) is 6.67. The monoisotopic (exact) mass is 376 g/mol. The maximum atomic E-state index is 13.1. The minimum absolute atomic E-state index is 0.312. The quantitative estimate of drug-likeness (QED) is 0.542. The van der Waals surface area contributed by atoms with E-state index < -0.39 is 0 Å². The van der Waals surface area contributed by atoms with Crippen LogP contribution >= 0.6 is 11.3 Å². The van der Waals surface area contributed by atoms with Gasteiger partial charge in [-0.3, -0.25) is 9.89 Å².